The van der Waals surface area contributed by atoms with E-state index in [1.165, 1.54) is 6.21 Å². The lowest BCUT2D eigenvalue weighted by Gasteiger charge is -2.17. The highest BCUT2D eigenvalue weighted by Gasteiger charge is 2.28. The van der Waals surface area contributed by atoms with Gasteiger partial charge in [-0.15, -0.1) is 0 Å². The number of amides is 1. The molecule has 202 valence electrons. The minimum atomic E-state index is -0.158. The van der Waals surface area contributed by atoms with Gasteiger partial charge in [-0.1, -0.05) is 0 Å². The summed E-state index contributed by atoms with van der Waals surface area (Å²) >= 11 is 0. The van der Waals surface area contributed by atoms with Gasteiger partial charge in [0.2, 0.25) is 0 Å². The molecule has 1 aliphatic heterocycles. The average Bonchev–Trinajstić information content (AvgIpc) is 3.55. The number of aryl methyl sites for hydroxylation is 3. The van der Waals surface area contributed by atoms with Crippen LogP contribution in [0.3, 0.4) is 0 Å². The lowest BCUT2D eigenvalue weighted by Crippen LogP contribution is -2.24. The van der Waals surface area contributed by atoms with Crippen molar-refractivity contribution in [3.05, 3.63) is 58.8 Å². The molecular weight excluding hydrogens is 494 g/mol. The number of methoxy groups -OCH3 is 1. The van der Waals surface area contributed by atoms with Crippen LogP contribution in [0.15, 0.2) is 30.6 Å². The summed E-state index contributed by atoms with van der Waals surface area (Å²) in [5, 5.41) is 12.5. The van der Waals surface area contributed by atoms with Crippen molar-refractivity contribution in [1.29, 1.82) is 5.41 Å². The van der Waals surface area contributed by atoms with E-state index >= 15 is 0 Å². The summed E-state index contributed by atoms with van der Waals surface area (Å²) in [6, 6.07) is 5.61. The summed E-state index contributed by atoms with van der Waals surface area (Å²) in [7, 11) is 7.03. The number of rotatable bonds is 7. The molecule has 0 spiro atoms. The Kier molecular flexibility index (Phi) is 7.05. The van der Waals surface area contributed by atoms with Crippen molar-refractivity contribution < 1.29 is 14.3 Å². The molecule has 10 nitrogen and oxygen atoms in total. The number of nitrogens with zero attached hydrogens (tertiary/aromatic N) is 5. The van der Waals surface area contributed by atoms with Crippen LogP contribution in [0.4, 0.5) is 11.5 Å². The Bertz CT molecular complexity index is 1590. The Morgan fingerprint density at radius 1 is 1.28 bits per heavy atom. The largest absolute Gasteiger partial charge is 0.496 e. The van der Waals surface area contributed by atoms with Crippen molar-refractivity contribution in [2.24, 2.45) is 7.05 Å². The van der Waals surface area contributed by atoms with E-state index in [1.54, 1.807) is 44.6 Å². The maximum Gasteiger partial charge on any atom is 0.270 e. The fraction of sp³-hybridized carbons (Fsp3) is 0.345. The number of carbonyl (C=O) groups excluding carboxylic acids is 1. The van der Waals surface area contributed by atoms with Crippen molar-refractivity contribution in [1.82, 2.24) is 24.4 Å². The van der Waals surface area contributed by atoms with E-state index in [1.807, 2.05) is 37.6 Å². The highest BCUT2D eigenvalue weighted by molar-refractivity contribution is 6.03. The molecule has 1 aliphatic rings. The standard InChI is InChI=1S/C29H33N7O3/c1-16-26-22(36(5)28(16)29(37)35(3)4)13-25(34-27(26)24-8-7-11-39-24)33-20-12-21(32-17(2)18(20)14-30)19-15-31-10-9-23(19)38-6/h9-10,12-15,24,30H,7-8,11H2,1-6H3,(H,32,33,34). The van der Waals surface area contributed by atoms with Crippen LogP contribution in [0.2, 0.25) is 0 Å². The molecule has 1 amide bonds. The summed E-state index contributed by atoms with van der Waals surface area (Å²) in [6.07, 6.45) is 6.33. The minimum absolute atomic E-state index is 0.0649. The first-order chi connectivity index (χ1) is 18.7. The maximum atomic E-state index is 13.1. The normalized spacial score (nSPS) is 15.0. The second-order valence-corrected chi connectivity index (χ2v) is 9.92. The topological polar surface area (TPSA) is 118 Å². The molecule has 5 rings (SSSR count). The van der Waals surface area contributed by atoms with Gasteiger partial charge in [-0.2, -0.15) is 0 Å². The molecule has 4 aromatic rings. The first-order valence-corrected chi connectivity index (χ1v) is 12.9. The van der Waals surface area contributed by atoms with E-state index in [0.717, 1.165) is 40.6 Å². The highest BCUT2D eigenvalue weighted by atomic mass is 16.5. The molecule has 0 aliphatic carbocycles. The van der Waals surface area contributed by atoms with E-state index in [2.05, 4.69) is 10.3 Å². The van der Waals surface area contributed by atoms with Crippen molar-refractivity contribution in [3.63, 3.8) is 0 Å². The van der Waals surface area contributed by atoms with Gasteiger partial charge in [-0.05, 0) is 44.4 Å². The van der Waals surface area contributed by atoms with Gasteiger partial charge in [0.15, 0.2) is 0 Å². The Morgan fingerprint density at radius 2 is 2.08 bits per heavy atom. The number of pyridine rings is 3. The van der Waals surface area contributed by atoms with Gasteiger partial charge in [0.1, 0.15) is 23.4 Å². The highest BCUT2D eigenvalue weighted by Crippen LogP contribution is 2.39. The molecule has 1 unspecified atom stereocenters. The van der Waals surface area contributed by atoms with Crippen LogP contribution in [0.5, 0.6) is 5.75 Å². The molecule has 2 N–H and O–H groups in total. The molecule has 1 atom stereocenters. The molecule has 0 radical (unpaired) electrons. The molecule has 0 saturated carbocycles. The van der Waals surface area contributed by atoms with Gasteiger partial charge in [-0.3, -0.25) is 14.8 Å². The third-order valence-electron chi connectivity index (χ3n) is 7.23. The van der Waals surface area contributed by atoms with Gasteiger partial charge in [-0.25, -0.2) is 4.98 Å². The zero-order chi connectivity index (χ0) is 27.8. The van der Waals surface area contributed by atoms with Gasteiger partial charge in [0, 0.05) is 69.1 Å². The quantitative estimate of drug-likeness (QED) is 0.327. The molecule has 5 heterocycles. The Morgan fingerprint density at radius 3 is 2.74 bits per heavy atom. The number of carbonyl (C=O) groups is 1. The number of anilines is 2. The van der Waals surface area contributed by atoms with Crippen LogP contribution in [-0.4, -0.2) is 64.4 Å². The minimum Gasteiger partial charge on any atom is -0.496 e. The summed E-state index contributed by atoms with van der Waals surface area (Å²) in [5.41, 5.74) is 6.64. The number of aromatic nitrogens is 4. The molecule has 1 saturated heterocycles. The van der Waals surface area contributed by atoms with Gasteiger partial charge in [0.05, 0.1) is 35.3 Å². The van der Waals surface area contributed by atoms with Crippen LogP contribution < -0.4 is 10.1 Å². The first kappa shape index (κ1) is 26.3. The molecular formula is C29H33N7O3. The SMILES string of the molecule is COc1ccncc1-c1cc(Nc2cc3c(c(C4CCCO4)n2)c(C)c(C(=O)N(C)C)n3C)c(C=N)c(C)n1. The average molecular weight is 528 g/mol. The third-order valence-corrected chi connectivity index (χ3v) is 7.23. The predicted molar refractivity (Wildman–Crippen MR) is 151 cm³/mol. The van der Waals surface area contributed by atoms with Crippen molar-refractivity contribution in [2.45, 2.75) is 32.8 Å². The summed E-state index contributed by atoms with van der Waals surface area (Å²) < 4.78 is 13.5. The fourth-order valence-corrected chi connectivity index (χ4v) is 5.29. The Hall–Kier alpha value is -4.31. The molecule has 1 fully saturated rings. The smallest absolute Gasteiger partial charge is 0.270 e. The second kappa shape index (κ2) is 10.5. The van der Waals surface area contributed by atoms with Crippen LogP contribution in [0, 0.1) is 19.3 Å². The van der Waals surface area contributed by atoms with Gasteiger partial charge >= 0.3 is 0 Å². The third kappa shape index (κ3) is 4.61. The second-order valence-electron chi connectivity index (χ2n) is 9.92. The van der Waals surface area contributed by atoms with E-state index in [-0.39, 0.29) is 12.0 Å². The zero-order valence-electron chi connectivity index (χ0n) is 23.1. The van der Waals surface area contributed by atoms with E-state index in [9.17, 15) is 4.79 Å². The van der Waals surface area contributed by atoms with Crippen molar-refractivity contribution in [3.8, 4) is 17.0 Å². The van der Waals surface area contributed by atoms with Gasteiger partial charge < -0.3 is 29.7 Å². The fourth-order valence-electron chi connectivity index (χ4n) is 5.29. The number of hydrogen-bond acceptors (Lipinski definition) is 8. The Balaban J connectivity index is 1.69. The maximum absolute atomic E-state index is 13.1. The van der Waals surface area contributed by atoms with Crippen LogP contribution >= 0.6 is 0 Å². The first-order valence-electron chi connectivity index (χ1n) is 12.9. The number of hydrogen-bond donors (Lipinski definition) is 2. The van der Waals surface area contributed by atoms with E-state index in [0.29, 0.717) is 46.5 Å². The molecule has 39 heavy (non-hydrogen) atoms. The lowest BCUT2D eigenvalue weighted by molar-refractivity contribution is 0.0818. The monoisotopic (exact) mass is 527 g/mol. The van der Waals surface area contributed by atoms with E-state index < -0.39 is 0 Å². The van der Waals surface area contributed by atoms with Crippen LogP contribution in [-0.2, 0) is 11.8 Å². The molecule has 4 aromatic heterocycles. The summed E-state index contributed by atoms with van der Waals surface area (Å²) in [5.74, 6) is 1.18. The number of ether oxygens (including phenoxy) is 2. The van der Waals surface area contributed by atoms with E-state index in [4.69, 9.17) is 24.9 Å². The van der Waals surface area contributed by atoms with Crippen LogP contribution in [0.25, 0.3) is 22.2 Å². The summed E-state index contributed by atoms with van der Waals surface area (Å²) in [4.78, 5) is 28.7. The molecule has 0 bridgehead atoms. The lowest BCUT2D eigenvalue weighted by atomic mass is 10.0. The predicted octanol–water partition coefficient (Wildman–Crippen LogP) is 4.95. The Labute approximate surface area is 227 Å². The zero-order valence-corrected chi connectivity index (χ0v) is 23.1. The summed E-state index contributed by atoms with van der Waals surface area (Å²) in [6.45, 7) is 4.52. The number of nitrogens with one attached hydrogen (secondary N) is 2. The number of fused-ring (bicyclic) bond motifs is 1. The van der Waals surface area contributed by atoms with Gasteiger partial charge in [0.25, 0.3) is 5.91 Å². The van der Waals surface area contributed by atoms with Crippen LogP contribution in [0.1, 0.15) is 51.9 Å². The van der Waals surface area contributed by atoms with Crippen molar-refractivity contribution in [2.75, 3.05) is 33.1 Å². The molecule has 0 aromatic carbocycles. The van der Waals surface area contributed by atoms with Crippen molar-refractivity contribution >= 4 is 34.5 Å². The molecule has 10 heteroatoms.